The van der Waals surface area contributed by atoms with Gasteiger partial charge in [-0.3, -0.25) is 0 Å². The van der Waals surface area contributed by atoms with E-state index in [2.05, 4.69) is 47.2 Å². The molecule has 0 amide bonds. The topological polar surface area (TPSA) is 3.88 Å². The summed E-state index contributed by atoms with van der Waals surface area (Å²) >= 11 is 1.78. The van der Waals surface area contributed by atoms with E-state index in [0.29, 0.717) is 5.56 Å². The molecule has 144 valence electrons. The van der Waals surface area contributed by atoms with Gasteiger partial charge in [-0.05, 0) is 59.8 Å². The van der Waals surface area contributed by atoms with E-state index in [1.54, 1.807) is 23.5 Å². The number of hydrogen-bond donors (Lipinski definition) is 0. The lowest BCUT2D eigenvalue weighted by Gasteiger charge is -2.07. The monoisotopic (exact) mass is 400 g/mol. The number of aromatic nitrogens is 1. The number of hydrogen-bond acceptors (Lipinski definition) is 1. The van der Waals surface area contributed by atoms with Gasteiger partial charge in [0.05, 0.1) is 4.70 Å². The fourth-order valence-electron chi connectivity index (χ4n) is 4.14. The number of aryl methyl sites for hydroxylation is 3. The van der Waals surface area contributed by atoms with Gasteiger partial charge in [0.1, 0.15) is 7.05 Å². The van der Waals surface area contributed by atoms with Crippen LogP contribution in [0.4, 0.5) is 0 Å². The van der Waals surface area contributed by atoms with Gasteiger partial charge < -0.3 is 0 Å². The zero-order valence-corrected chi connectivity index (χ0v) is 17.9. The minimum Gasteiger partial charge on any atom is -0.200 e. The molecule has 0 saturated carbocycles. The Bertz CT molecular complexity index is 1550. The molecule has 0 atom stereocenters. The highest BCUT2D eigenvalue weighted by Crippen LogP contribution is 2.38. The van der Waals surface area contributed by atoms with Gasteiger partial charge in [0.15, 0.2) is 6.20 Å². The first-order valence-electron chi connectivity index (χ1n) is 11.8. The molecule has 0 bridgehead atoms. The smallest absolute Gasteiger partial charge is 0.200 e. The van der Waals surface area contributed by atoms with E-state index in [-0.39, 0.29) is 0 Å². The minimum atomic E-state index is -2.10. The summed E-state index contributed by atoms with van der Waals surface area (Å²) in [5.74, 6) is -0.626. The summed E-state index contributed by atoms with van der Waals surface area (Å²) in [5, 5.41) is 4.75. The minimum absolute atomic E-state index is 0.371. The first-order chi connectivity index (χ1) is 15.4. The van der Waals surface area contributed by atoms with Gasteiger partial charge >= 0.3 is 0 Å². The van der Waals surface area contributed by atoms with Crippen molar-refractivity contribution in [2.24, 2.45) is 7.05 Å². The van der Waals surface area contributed by atoms with Crippen molar-refractivity contribution in [3.05, 3.63) is 77.5 Å². The first-order valence-corrected chi connectivity index (χ1v) is 10.7. The first kappa shape index (κ1) is 14.3. The molecule has 5 aromatic rings. The molecule has 5 rings (SSSR count). The van der Waals surface area contributed by atoms with E-state index in [1.165, 1.54) is 25.6 Å². The fraction of sp³-hybridized carbons (Fsp3) is 0.222. The summed E-state index contributed by atoms with van der Waals surface area (Å²) in [7, 11) is 2.04. The van der Waals surface area contributed by atoms with Crippen LogP contribution in [0.1, 0.15) is 41.9 Å². The van der Waals surface area contributed by atoms with Gasteiger partial charge in [0.2, 0.25) is 5.69 Å². The molecule has 1 nitrogen and oxygen atoms in total. The van der Waals surface area contributed by atoms with E-state index in [9.17, 15) is 0 Å². The van der Waals surface area contributed by atoms with Gasteiger partial charge in [-0.2, -0.15) is 4.57 Å². The number of thiophene rings is 1. The molecule has 0 radical (unpaired) electrons. The average Bonchev–Trinajstić information content (AvgIpc) is 3.05. The second kappa shape index (κ2) is 6.67. The van der Waals surface area contributed by atoms with Gasteiger partial charge in [-0.25, -0.2) is 0 Å². The number of nitrogens with zero attached hydrogens (tertiary/aromatic N) is 1. The summed E-state index contributed by atoms with van der Waals surface area (Å²) in [4.78, 5) is 0. The third kappa shape index (κ3) is 3.03. The van der Waals surface area contributed by atoms with Crippen molar-refractivity contribution < 1.29 is 10.1 Å². The van der Waals surface area contributed by atoms with Gasteiger partial charge in [-0.15, -0.1) is 11.3 Å². The van der Waals surface area contributed by atoms with E-state index in [1.807, 2.05) is 33.9 Å². The maximum Gasteiger partial charge on any atom is 0.213 e. The van der Waals surface area contributed by atoms with Crippen molar-refractivity contribution >= 4 is 42.3 Å². The molecule has 0 fully saturated rings. The predicted molar refractivity (Wildman–Crippen MR) is 127 cm³/mol. The Morgan fingerprint density at radius 2 is 1.76 bits per heavy atom. The molecule has 0 aliphatic rings. The van der Waals surface area contributed by atoms with Crippen molar-refractivity contribution in [1.82, 2.24) is 0 Å². The highest BCUT2D eigenvalue weighted by Gasteiger charge is 2.17. The SMILES string of the molecule is [2H]C([2H])([2H])c1ccc(-c2cc3c(c[n+]2C)sc2cc4cc(C([2H])(C)C)ccc4cc23)c(C)c1. The molecule has 0 spiro atoms. The molecule has 0 N–H and O–H groups in total. The maximum absolute atomic E-state index is 8.36. The standard InChI is InChI=1S/C27H26NS/c1-16(2)19-7-8-20-12-23-24-14-25(22-9-6-17(3)10-18(22)4)28(5)15-27(24)29-26(23)13-21(20)11-19/h6-16H,1-5H3/q+1/i3D3,16D. The molecule has 2 heteroatoms. The third-order valence-corrected chi connectivity index (χ3v) is 6.87. The Morgan fingerprint density at radius 3 is 2.52 bits per heavy atom. The summed E-state index contributed by atoms with van der Waals surface area (Å²) < 4.78 is 36.0. The molecule has 0 aliphatic carbocycles. The van der Waals surface area contributed by atoms with Crippen LogP contribution in [-0.4, -0.2) is 0 Å². The van der Waals surface area contributed by atoms with Crippen LogP contribution in [0.2, 0.25) is 0 Å². The molecule has 0 unspecified atom stereocenters. The Kier molecular flexibility index (Phi) is 3.29. The molecule has 0 saturated heterocycles. The van der Waals surface area contributed by atoms with Crippen LogP contribution < -0.4 is 4.57 Å². The van der Waals surface area contributed by atoms with Crippen LogP contribution in [0, 0.1) is 13.8 Å². The van der Waals surface area contributed by atoms with Crippen LogP contribution in [0.25, 0.3) is 42.2 Å². The Hall–Kier alpha value is -2.71. The zero-order valence-electron chi connectivity index (χ0n) is 21.1. The normalized spacial score (nSPS) is 14.8. The Labute approximate surface area is 181 Å². The third-order valence-electron chi connectivity index (χ3n) is 5.77. The summed E-state index contributed by atoms with van der Waals surface area (Å²) in [6.45, 7) is 3.70. The molecule has 2 aromatic heterocycles. The van der Waals surface area contributed by atoms with Crippen LogP contribution in [-0.2, 0) is 7.05 Å². The number of pyridine rings is 1. The van der Waals surface area contributed by atoms with Crippen LogP contribution >= 0.6 is 11.3 Å². The summed E-state index contributed by atoms with van der Waals surface area (Å²) in [6, 6.07) is 18.4. The largest absolute Gasteiger partial charge is 0.213 e. The lowest BCUT2D eigenvalue weighted by Crippen LogP contribution is -2.30. The molecule has 0 aliphatic heterocycles. The van der Waals surface area contributed by atoms with Crippen molar-refractivity contribution in [3.8, 4) is 11.3 Å². The molecular weight excluding hydrogens is 370 g/mol. The quantitative estimate of drug-likeness (QED) is 0.271. The number of rotatable bonds is 2. The predicted octanol–water partition coefficient (Wildman–Crippen LogP) is 7.44. The van der Waals surface area contributed by atoms with Crippen molar-refractivity contribution in [3.63, 3.8) is 0 Å². The van der Waals surface area contributed by atoms with Crippen molar-refractivity contribution in [2.45, 2.75) is 33.5 Å². The van der Waals surface area contributed by atoms with Gasteiger partial charge in [0.25, 0.3) is 0 Å². The van der Waals surface area contributed by atoms with E-state index in [4.69, 9.17) is 5.48 Å². The Balaban J connectivity index is 1.71. The highest BCUT2D eigenvalue weighted by atomic mass is 32.1. The maximum atomic E-state index is 8.36. The molecule has 3 aromatic carbocycles. The number of fused-ring (bicyclic) bond motifs is 4. The highest BCUT2D eigenvalue weighted by molar-refractivity contribution is 7.25. The van der Waals surface area contributed by atoms with Crippen molar-refractivity contribution in [1.29, 1.82) is 0 Å². The van der Waals surface area contributed by atoms with E-state index < -0.39 is 12.7 Å². The van der Waals surface area contributed by atoms with E-state index >= 15 is 0 Å². The lowest BCUT2D eigenvalue weighted by molar-refractivity contribution is -0.659. The second-order valence-corrected chi connectivity index (χ2v) is 9.17. The van der Waals surface area contributed by atoms with Gasteiger partial charge in [-0.1, -0.05) is 49.7 Å². The van der Waals surface area contributed by atoms with Crippen LogP contribution in [0.3, 0.4) is 0 Å². The summed E-state index contributed by atoms with van der Waals surface area (Å²) in [6.07, 6.45) is 2.16. The number of benzene rings is 3. The van der Waals surface area contributed by atoms with Gasteiger partial charge in [0, 0.05) is 32.6 Å². The zero-order chi connectivity index (χ0) is 23.7. The second-order valence-electron chi connectivity index (χ2n) is 8.09. The summed E-state index contributed by atoms with van der Waals surface area (Å²) in [5.41, 5.74) is 4.43. The van der Waals surface area contributed by atoms with E-state index in [0.717, 1.165) is 27.8 Å². The average molecular weight is 401 g/mol. The van der Waals surface area contributed by atoms with Crippen LogP contribution in [0.15, 0.2) is 60.8 Å². The molecule has 29 heavy (non-hydrogen) atoms. The Morgan fingerprint density at radius 1 is 0.931 bits per heavy atom. The van der Waals surface area contributed by atoms with Crippen LogP contribution in [0.5, 0.6) is 0 Å². The lowest BCUT2D eigenvalue weighted by atomic mass is 9.98. The molecular formula is C27H26NS+. The molecule has 2 heterocycles. The fourth-order valence-corrected chi connectivity index (χ4v) is 5.33. The van der Waals surface area contributed by atoms with Crippen molar-refractivity contribution in [2.75, 3.05) is 0 Å².